The summed E-state index contributed by atoms with van der Waals surface area (Å²) in [5, 5.41) is 4.64. The van der Waals surface area contributed by atoms with E-state index in [-0.39, 0.29) is 17.2 Å². The van der Waals surface area contributed by atoms with Crippen LogP contribution in [0.25, 0.3) is 0 Å². The number of hydrogen-bond acceptors (Lipinski definition) is 6. The fourth-order valence-electron chi connectivity index (χ4n) is 5.81. The van der Waals surface area contributed by atoms with Crippen molar-refractivity contribution in [3.63, 3.8) is 0 Å². The molecule has 1 heterocycles. The lowest BCUT2D eigenvalue weighted by Crippen LogP contribution is -2.45. The third-order valence-electron chi connectivity index (χ3n) is 7.93. The summed E-state index contributed by atoms with van der Waals surface area (Å²) < 4.78 is 14.1. The van der Waals surface area contributed by atoms with Crippen molar-refractivity contribution in [3.8, 4) is 5.75 Å². The van der Waals surface area contributed by atoms with E-state index in [1.165, 1.54) is 28.5 Å². The predicted octanol–water partition coefficient (Wildman–Crippen LogP) is 5.00. The van der Waals surface area contributed by atoms with Crippen molar-refractivity contribution in [2.45, 2.75) is 116 Å². The average molecular weight is 526 g/mol. The van der Waals surface area contributed by atoms with E-state index in [0.717, 1.165) is 44.1 Å². The Morgan fingerprint density at radius 2 is 1.76 bits per heavy atom. The maximum Gasteiger partial charge on any atom is 0.349 e. The van der Waals surface area contributed by atoms with Crippen molar-refractivity contribution in [1.29, 1.82) is 0 Å². The number of aryl methyl sites for hydroxylation is 2. The largest absolute Gasteiger partial charge is 0.476 e. The van der Waals surface area contributed by atoms with E-state index in [4.69, 9.17) is 9.47 Å². The van der Waals surface area contributed by atoms with Crippen molar-refractivity contribution in [3.05, 3.63) is 56.4 Å². The van der Waals surface area contributed by atoms with Gasteiger partial charge in [0.1, 0.15) is 11.4 Å². The van der Waals surface area contributed by atoms with Crippen molar-refractivity contribution >= 4 is 5.97 Å². The maximum absolute atomic E-state index is 13.4. The first-order valence-electron chi connectivity index (χ1n) is 14.5. The molecule has 4 rings (SSSR count). The van der Waals surface area contributed by atoms with Crippen LogP contribution < -0.4 is 16.0 Å². The lowest BCUT2D eigenvalue weighted by Gasteiger charge is -2.24. The number of carbonyl (C=O) groups is 1. The van der Waals surface area contributed by atoms with E-state index in [1.54, 1.807) is 20.8 Å². The van der Waals surface area contributed by atoms with Gasteiger partial charge in [-0.25, -0.2) is 14.3 Å². The van der Waals surface area contributed by atoms with Crippen LogP contribution in [-0.4, -0.2) is 32.5 Å². The van der Waals surface area contributed by atoms with E-state index in [1.807, 2.05) is 24.3 Å². The van der Waals surface area contributed by atoms with Crippen LogP contribution in [0.15, 0.2) is 33.9 Å². The third kappa shape index (κ3) is 6.94. The van der Waals surface area contributed by atoms with Gasteiger partial charge in [0, 0.05) is 19.0 Å². The highest BCUT2D eigenvalue weighted by molar-refractivity contribution is 5.79. The average Bonchev–Trinajstić information content (AvgIpc) is 3.43. The first-order chi connectivity index (χ1) is 18.3. The molecular formula is C30H43N3O5. The second kappa shape index (κ2) is 12.8. The molecule has 0 amide bonds. The molecule has 0 radical (unpaired) electrons. The summed E-state index contributed by atoms with van der Waals surface area (Å²) in [6.45, 7) is 6.42. The van der Waals surface area contributed by atoms with Gasteiger partial charge in [0.15, 0.2) is 5.60 Å². The van der Waals surface area contributed by atoms with Gasteiger partial charge in [-0.2, -0.15) is 5.10 Å². The summed E-state index contributed by atoms with van der Waals surface area (Å²) in [7, 11) is 0. The Bertz CT molecular complexity index is 1200. The number of ether oxygens (including phenoxy) is 2. The van der Waals surface area contributed by atoms with Crippen molar-refractivity contribution in [1.82, 2.24) is 14.3 Å². The summed E-state index contributed by atoms with van der Waals surface area (Å²) in [6, 6.07) is 7.66. The Morgan fingerprint density at radius 1 is 1.05 bits per heavy atom. The molecule has 1 aromatic heterocycles. The van der Waals surface area contributed by atoms with Crippen LogP contribution in [0.3, 0.4) is 0 Å². The van der Waals surface area contributed by atoms with Crippen molar-refractivity contribution in [2.75, 3.05) is 6.61 Å². The predicted molar refractivity (Wildman–Crippen MR) is 147 cm³/mol. The molecule has 38 heavy (non-hydrogen) atoms. The molecule has 0 unspecified atom stereocenters. The van der Waals surface area contributed by atoms with E-state index in [2.05, 4.69) is 5.10 Å². The standard InChI is InChI=1S/C30H43N3O5/c1-4-37-28(35)30(2,3)38-25-18-10-14-22(20-25)15-11-19-33-29(36)32(21-23-12-6-5-7-13-23)27(34)26(31-33)24-16-8-9-17-24/h10,14,18,20,23-24H,4-9,11-13,15-17,19,21H2,1-3H3. The normalized spacial score (nSPS) is 17.0. The van der Waals surface area contributed by atoms with Gasteiger partial charge in [0.25, 0.3) is 5.56 Å². The van der Waals surface area contributed by atoms with Crippen LogP contribution in [0.1, 0.15) is 102 Å². The highest BCUT2D eigenvalue weighted by atomic mass is 16.6. The summed E-state index contributed by atoms with van der Waals surface area (Å²) in [4.78, 5) is 39.0. The van der Waals surface area contributed by atoms with Crippen LogP contribution in [0.4, 0.5) is 0 Å². The zero-order valence-corrected chi connectivity index (χ0v) is 23.2. The molecule has 8 nitrogen and oxygen atoms in total. The number of esters is 1. The fraction of sp³-hybridized carbons (Fsp3) is 0.667. The SMILES string of the molecule is CCOC(=O)C(C)(C)Oc1cccc(CCCn2nc(C3CCCC3)c(=O)n(CC3CCCCC3)c2=O)c1. The molecule has 8 heteroatoms. The first kappa shape index (κ1) is 28.1. The molecule has 0 saturated heterocycles. The van der Waals surface area contributed by atoms with Gasteiger partial charge >= 0.3 is 11.7 Å². The molecule has 0 N–H and O–H groups in total. The summed E-state index contributed by atoms with van der Waals surface area (Å²) in [5.74, 6) is 0.740. The Balaban J connectivity index is 1.48. The Kier molecular flexibility index (Phi) is 9.44. The van der Waals surface area contributed by atoms with Crippen LogP contribution in [0, 0.1) is 5.92 Å². The van der Waals surface area contributed by atoms with Crippen LogP contribution in [-0.2, 0) is 29.0 Å². The van der Waals surface area contributed by atoms with Gasteiger partial charge in [-0.05, 0) is 82.9 Å². The van der Waals surface area contributed by atoms with E-state index < -0.39 is 11.6 Å². The molecule has 208 valence electrons. The second-order valence-corrected chi connectivity index (χ2v) is 11.4. The lowest BCUT2D eigenvalue weighted by molar-refractivity contribution is -0.158. The smallest absolute Gasteiger partial charge is 0.349 e. The minimum atomic E-state index is -1.09. The lowest BCUT2D eigenvalue weighted by atomic mass is 9.89. The van der Waals surface area contributed by atoms with Crippen molar-refractivity contribution in [2.24, 2.45) is 5.92 Å². The van der Waals surface area contributed by atoms with E-state index in [9.17, 15) is 14.4 Å². The second-order valence-electron chi connectivity index (χ2n) is 11.4. The quantitative estimate of drug-likeness (QED) is 0.384. The molecule has 2 saturated carbocycles. The van der Waals surface area contributed by atoms with Gasteiger partial charge in [-0.15, -0.1) is 0 Å². The highest BCUT2D eigenvalue weighted by Crippen LogP contribution is 2.31. The van der Waals surface area contributed by atoms with Crippen LogP contribution in [0.2, 0.25) is 0 Å². The maximum atomic E-state index is 13.4. The van der Waals surface area contributed by atoms with Crippen molar-refractivity contribution < 1.29 is 14.3 Å². The monoisotopic (exact) mass is 525 g/mol. The van der Waals surface area contributed by atoms with Gasteiger partial charge in [0.05, 0.1) is 6.61 Å². The van der Waals surface area contributed by atoms with E-state index in [0.29, 0.717) is 49.9 Å². The summed E-state index contributed by atoms with van der Waals surface area (Å²) >= 11 is 0. The van der Waals surface area contributed by atoms with Crippen LogP contribution >= 0.6 is 0 Å². The minimum Gasteiger partial charge on any atom is -0.476 e. The zero-order chi connectivity index (χ0) is 27.1. The van der Waals surface area contributed by atoms with Gasteiger partial charge < -0.3 is 9.47 Å². The van der Waals surface area contributed by atoms with Crippen LogP contribution in [0.5, 0.6) is 5.75 Å². The van der Waals surface area contributed by atoms with Gasteiger partial charge in [-0.3, -0.25) is 9.36 Å². The molecule has 0 bridgehead atoms. The number of hydrogen-bond donors (Lipinski definition) is 0. The molecule has 2 aliphatic rings. The van der Waals surface area contributed by atoms with Gasteiger partial charge in [0.2, 0.25) is 0 Å². The van der Waals surface area contributed by atoms with E-state index >= 15 is 0 Å². The zero-order valence-electron chi connectivity index (χ0n) is 23.2. The van der Waals surface area contributed by atoms with Gasteiger partial charge in [-0.1, -0.05) is 44.2 Å². The minimum absolute atomic E-state index is 0.156. The number of nitrogens with zero attached hydrogens (tertiary/aromatic N) is 3. The number of carbonyl (C=O) groups excluding carboxylic acids is 1. The molecule has 2 aromatic rings. The first-order valence-corrected chi connectivity index (χ1v) is 14.5. The molecule has 2 aliphatic carbocycles. The Labute approximate surface area is 225 Å². The highest BCUT2D eigenvalue weighted by Gasteiger charge is 2.31. The molecular weight excluding hydrogens is 482 g/mol. The molecule has 0 atom stereocenters. The fourth-order valence-corrected chi connectivity index (χ4v) is 5.81. The molecule has 0 spiro atoms. The number of benzene rings is 1. The summed E-state index contributed by atoms with van der Waals surface area (Å²) in [6.07, 6.45) is 11.3. The molecule has 0 aliphatic heterocycles. The topological polar surface area (TPSA) is 92.4 Å². The molecule has 1 aromatic carbocycles. The molecule has 2 fully saturated rings. The summed E-state index contributed by atoms with van der Waals surface area (Å²) in [5.41, 5.74) is 0.0822. The third-order valence-corrected chi connectivity index (χ3v) is 7.93. The number of aromatic nitrogens is 3. The Hall–Kier alpha value is -2.90. The number of rotatable bonds is 11. The Morgan fingerprint density at radius 3 is 2.47 bits per heavy atom.